The molecule has 22 heavy (non-hydrogen) atoms. The summed E-state index contributed by atoms with van der Waals surface area (Å²) < 4.78 is 0. The van der Waals surface area contributed by atoms with Crippen molar-refractivity contribution in [1.82, 2.24) is 10.9 Å². The first-order chi connectivity index (χ1) is 10.6. The lowest BCUT2D eigenvalue weighted by Crippen LogP contribution is -2.37. The van der Waals surface area contributed by atoms with E-state index in [0.717, 1.165) is 35.7 Å². The molecule has 0 spiro atoms. The topological polar surface area (TPSA) is 61.4 Å². The van der Waals surface area contributed by atoms with Gasteiger partial charge in [-0.2, -0.15) is 0 Å². The number of benzene rings is 2. The Labute approximate surface area is 129 Å². The van der Waals surface area contributed by atoms with Crippen molar-refractivity contribution in [1.29, 1.82) is 0 Å². The van der Waals surface area contributed by atoms with Gasteiger partial charge in [-0.3, -0.25) is 10.2 Å². The molecule has 3 N–H and O–H groups in total. The van der Waals surface area contributed by atoms with Crippen molar-refractivity contribution in [3.05, 3.63) is 53.7 Å². The number of phenolic OH excluding ortho intramolecular Hbond substituents is 1. The molecule has 114 valence electrons. The van der Waals surface area contributed by atoms with E-state index in [4.69, 9.17) is 0 Å². The second-order valence-electron chi connectivity index (χ2n) is 5.90. The Morgan fingerprint density at radius 1 is 1.23 bits per heavy atom. The SMILES string of the molecule is CC1CC=C(NNC(=O)c2cc3ccccc3cc2O)CC1. The number of hydrazine groups is 1. The summed E-state index contributed by atoms with van der Waals surface area (Å²) in [4.78, 5) is 12.3. The second-order valence-corrected chi connectivity index (χ2v) is 5.90. The largest absolute Gasteiger partial charge is 0.507 e. The van der Waals surface area contributed by atoms with Crippen LogP contribution in [0.15, 0.2) is 48.2 Å². The van der Waals surface area contributed by atoms with E-state index in [1.807, 2.05) is 24.3 Å². The fourth-order valence-corrected chi connectivity index (χ4v) is 2.69. The van der Waals surface area contributed by atoms with Crippen molar-refractivity contribution >= 4 is 16.7 Å². The van der Waals surface area contributed by atoms with Crippen LogP contribution >= 0.6 is 0 Å². The van der Waals surface area contributed by atoms with Gasteiger partial charge in [0.2, 0.25) is 0 Å². The molecule has 4 heteroatoms. The van der Waals surface area contributed by atoms with Crippen LogP contribution in [0.3, 0.4) is 0 Å². The molecular weight excluding hydrogens is 276 g/mol. The highest BCUT2D eigenvalue weighted by Gasteiger charge is 2.14. The highest BCUT2D eigenvalue weighted by Crippen LogP contribution is 2.25. The molecule has 3 rings (SSSR count). The Morgan fingerprint density at radius 3 is 2.64 bits per heavy atom. The third-order valence-corrected chi connectivity index (χ3v) is 4.12. The summed E-state index contributed by atoms with van der Waals surface area (Å²) in [6, 6.07) is 11.0. The minimum absolute atomic E-state index is 0.00996. The van der Waals surface area contributed by atoms with E-state index in [-0.39, 0.29) is 17.2 Å². The predicted octanol–water partition coefficient (Wildman–Crippen LogP) is 3.48. The highest BCUT2D eigenvalue weighted by molar-refractivity contribution is 6.01. The number of rotatable bonds is 3. The maximum atomic E-state index is 12.3. The molecule has 1 amide bonds. The van der Waals surface area contributed by atoms with Gasteiger partial charge in [0.1, 0.15) is 5.75 Å². The van der Waals surface area contributed by atoms with Gasteiger partial charge < -0.3 is 10.5 Å². The number of hydrogen-bond acceptors (Lipinski definition) is 3. The number of hydrogen-bond donors (Lipinski definition) is 3. The van der Waals surface area contributed by atoms with E-state index in [2.05, 4.69) is 23.9 Å². The molecule has 0 saturated heterocycles. The zero-order chi connectivity index (χ0) is 15.5. The molecule has 4 nitrogen and oxygen atoms in total. The quantitative estimate of drug-likeness (QED) is 0.760. The van der Waals surface area contributed by atoms with Gasteiger partial charge in [-0.05, 0) is 48.1 Å². The summed E-state index contributed by atoms with van der Waals surface area (Å²) >= 11 is 0. The van der Waals surface area contributed by atoms with Crippen molar-refractivity contribution in [2.24, 2.45) is 5.92 Å². The number of allylic oxidation sites excluding steroid dienone is 2. The molecule has 2 aromatic rings. The lowest BCUT2D eigenvalue weighted by Gasteiger charge is -2.20. The minimum Gasteiger partial charge on any atom is -0.507 e. The van der Waals surface area contributed by atoms with Crippen molar-refractivity contribution in [2.75, 3.05) is 0 Å². The van der Waals surface area contributed by atoms with Gasteiger partial charge in [-0.25, -0.2) is 0 Å². The predicted molar refractivity (Wildman–Crippen MR) is 87.3 cm³/mol. The molecule has 0 fully saturated rings. The van der Waals surface area contributed by atoms with Crippen LogP contribution in [0.5, 0.6) is 5.75 Å². The van der Waals surface area contributed by atoms with Crippen LogP contribution in [0, 0.1) is 5.92 Å². The number of aromatic hydroxyl groups is 1. The highest BCUT2D eigenvalue weighted by atomic mass is 16.3. The van der Waals surface area contributed by atoms with Crippen LogP contribution in [-0.4, -0.2) is 11.0 Å². The zero-order valence-corrected chi connectivity index (χ0v) is 12.6. The molecule has 1 unspecified atom stereocenters. The average Bonchev–Trinajstić information content (AvgIpc) is 2.53. The Bertz CT molecular complexity index is 737. The van der Waals surface area contributed by atoms with Crippen LogP contribution in [0.25, 0.3) is 10.8 Å². The molecule has 2 aromatic carbocycles. The lowest BCUT2D eigenvalue weighted by atomic mass is 9.95. The fraction of sp³-hybridized carbons (Fsp3) is 0.278. The summed E-state index contributed by atoms with van der Waals surface area (Å²) in [5, 5.41) is 11.9. The van der Waals surface area contributed by atoms with E-state index < -0.39 is 0 Å². The first kappa shape index (κ1) is 14.4. The van der Waals surface area contributed by atoms with Crippen LogP contribution in [-0.2, 0) is 0 Å². The molecule has 0 bridgehead atoms. The van der Waals surface area contributed by atoms with Crippen LogP contribution in [0.4, 0.5) is 0 Å². The molecule has 0 heterocycles. The standard InChI is InChI=1S/C18H20N2O2/c1-12-6-8-15(9-7-12)19-20-18(22)16-10-13-4-2-3-5-14(13)11-17(16)21/h2-5,8,10-12,19,21H,6-7,9H2,1H3,(H,20,22). The monoisotopic (exact) mass is 296 g/mol. The van der Waals surface area contributed by atoms with Crippen LogP contribution in [0.1, 0.15) is 36.5 Å². The maximum Gasteiger partial charge on any atom is 0.273 e. The van der Waals surface area contributed by atoms with Crippen molar-refractivity contribution in [2.45, 2.75) is 26.2 Å². The van der Waals surface area contributed by atoms with Crippen LogP contribution in [0.2, 0.25) is 0 Å². The summed E-state index contributed by atoms with van der Waals surface area (Å²) in [7, 11) is 0. The first-order valence-electron chi connectivity index (χ1n) is 7.60. The Kier molecular flexibility index (Phi) is 4.00. The second kappa shape index (κ2) is 6.10. The third-order valence-electron chi connectivity index (χ3n) is 4.12. The summed E-state index contributed by atoms with van der Waals surface area (Å²) in [5.74, 6) is 0.359. The Morgan fingerprint density at radius 2 is 1.95 bits per heavy atom. The fourth-order valence-electron chi connectivity index (χ4n) is 2.69. The molecule has 0 aliphatic heterocycles. The van der Waals surface area contributed by atoms with E-state index in [1.165, 1.54) is 0 Å². The van der Waals surface area contributed by atoms with E-state index in [1.54, 1.807) is 12.1 Å². The number of carbonyl (C=O) groups is 1. The van der Waals surface area contributed by atoms with Crippen LogP contribution < -0.4 is 10.9 Å². The van der Waals surface area contributed by atoms with Crippen molar-refractivity contribution in [3.63, 3.8) is 0 Å². The van der Waals surface area contributed by atoms with E-state index in [9.17, 15) is 9.90 Å². The van der Waals surface area contributed by atoms with Gasteiger partial charge in [0.05, 0.1) is 5.56 Å². The summed E-state index contributed by atoms with van der Waals surface area (Å²) in [6.45, 7) is 2.22. The van der Waals surface area contributed by atoms with Gasteiger partial charge in [-0.15, -0.1) is 0 Å². The smallest absolute Gasteiger partial charge is 0.273 e. The molecule has 0 radical (unpaired) electrons. The number of nitrogens with one attached hydrogen (secondary N) is 2. The van der Waals surface area contributed by atoms with Crippen molar-refractivity contribution in [3.8, 4) is 5.75 Å². The van der Waals surface area contributed by atoms with Crippen molar-refractivity contribution < 1.29 is 9.90 Å². The van der Waals surface area contributed by atoms with Gasteiger partial charge in [-0.1, -0.05) is 37.3 Å². The summed E-state index contributed by atoms with van der Waals surface area (Å²) in [5.41, 5.74) is 6.95. The molecular formula is C18H20N2O2. The maximum absolute atomic E-state index is 12.3. The Hall–Kier alpha value is -2.49. The molecule has 1 aliphatic rings. The number of carbonyl (C=O) groups excluding carboxylic acids is 1. The van der Waals surface area contributed by atoms with E-state index >= 15 is 0 Å². The minimum atomic E-state index is -0.331. The Balaban J connectivity index is 1.73. The molecule has 1 aliphatic carbocycles. The lowest BCUT2D eigenvalue weighted by molar-refractivity contribution is 0.0935. The van der Waals surface area contributed by atoms with Gasteiger partial charge >= 0.3 is 0 Å². The number of phenols is 1. The van der Waals surface area contributed by atoms with Gasteiger partial charge in [0, 0.05) is 5.70 Å². The van der Waals surface area contributed by atoms with Gasteiger partial charge in [0.25, 0.3) is 5.91 Å². The summed E-state index contributed by atoms with van der Waals surface area (Å²) in [6.07, 6.45) is 5.20. The van der Waals surface area contributed by atoms with E-state index in [0.29, 0.717) is 5.92 Å². The first-order valence-corrected chi connectivity index (χ1v) is 7.60. The molecule has 0 aromatic heterocycles. The van der Waals surface area contributed by atoms with Gasteiger partial charge in [0.15, 0.2) is 0 Å². The third kappa shape index (κ3) is 3.06. The normalized spacial score (nSPS) is 17.9. The number of amides is 1. The zero-order valence-electron chi connectivity index (χ0n) is 12.6. The average molecular weight is 296 g/mol. The molecule has 1 atom stereocenters. The number of fused-ring (bicyclic) bond motifs is 1. The molecule has 0 saturated carbocycles.